The molecule has 5 aromatic rings. The van der Waals surface area contributed by atoms with E-state index in [0.717, 1.165) is 63.5 Å². The van der Waals surface area contributed by atoms with Crippen molar-refractivity contribution in [3.8, 4) is 28.8 Å². The molecule has 0 aliphatic rings. The standard InChI is InChI=1S/C28H29N5O3S/c1-3-10-23-25(16-15-24-26(31-36-27(23)24)20-11-6-5-7-12-20)34-17-9-18-37-22-14-8-13-21(19-22)35-28-29-32-33(4-2)30-28/h5-8,11-16,19H,3-4,9-10,17-18H2,1-2H3. The van der Waals surface area contributed by atoms with Gasteiger partial charge >= 0.3 is 6.01 Å². The number of thioether (sulfide) groups is 1. The molecule has 190 valence electrons. The second-order valence-electron chi connectivity index (χ2n) is 8.45. The number of rotatable bonds is 12. The number of tetrazole rings is 1. The van der Waals surface area contributed by atoms with Gasteiger partial charge in [-0.05, 0) is 55.3 Å². The molecule has 8 nitrogen and oxygen atoms in total. The van der Waals surface area contributed by atoms with Gasteiger partial charge in [0.1, 0.15) is 17.2 Å². The molecule has 0 aliphatic heterocycles. The Labute approximate surface area is 220 Å². The third-order valence-electron chi connectivity index (χ3n) is 5.80. The third-order valence-corrected chi connectivity index (χ3v) is 6.88. The smallest absolute Gasteiger partial charge is 0.361 e. The molecule has 0 unspecified atom stereocenters. The minimum absolute atomic E-state index is 0.250. The predicted octanol–water partition coefficient (Wildman–Crippen LogP) is 6.81. The lowest BCUT2D eigenvalue weighted by Crippen LogP contribution is -2.02. The molecule has 0 radical (unpaired) electrons. The van der Waals surface area contributed by atoms with Crippen molar-refractivity contribution in [2.75, 3.05) is 12.4 Å². The van der Waals surface area contributed by atoms with Crippen LogP contribution in [0.2, 0.25) is 0 Å². The highest BCUT2D eigenvalue weighted by molar-refractivity contribution is 7.99. The van der Waals surface area contributed by atoms with E-state index < -0.39 is 0 Å². The average molecular weight is 516 g/mol. The maximum atomic E-state index is 6.21. The lowest BCUT2D eigenvalue weighted by atomic mass is 10.0. The molecular weight excluding hydrogens is 486 g/mol. The van der Waals surface area contributed by atoms with Gasteiger partial charge in [0.2, 0.25) is 0 Å². The summed E-state index contributed by atoms with van der Waals surface area (Å²) in [6.45, 7) is 5.38. The van der Waals surface area contributed by atoms with Gasteiger partial charge in [0.15, 0.2) is 5.58 Å². The first-order valence-corrected chi connectivity index (χ1v) is 13.5. The van der Waals surface area contributed by atoms with Crippen molar-refractivity contribution in [2.45, 2.75) is 44.6 Å². The highest BCUT2D eigenvalue weighted by Gasteiger charge is 2.17. The van der Waals surface area contributed by atoms with Gasteiger partial charge in [-0.25, -0.2) is 0 Å². The van der Waals surface area contributed by atoms with Crippen molar-refractivity contribution in [3.05, 3.63) is 72.3 Å². The minimum atomic E-state index is 0.250. The van der Waals surface area contributed by atoms with Crippen LogP contribution in [0.5, 0.6) is 17.5 Å². The van der Waals surface area contributed by atoms with Crippen molar-refractivity contribution in [3.63, 3.8) is 0 Å². The molecule has 9 heteroatoms. The fraction of sp³-hybridized carbons (Fsp3) is 0.286. The Bertz CT molecular complexity index is 1450. The number of hydrogen-bond acceptors (Lipinski definition) is 8. The SMILES string of the molecule is CCCc1c(OCCCSc2cccc(Oc3nnn(CC)n3)c2)ccc2c(-c3ccccc3)noc12. The van der Waals surface area contributed by atoms with Crippen LogP contribution in [0.15, 0.2) is 76.1 Å². The van der Waals surface area contributed by atoms with Gasteiger partial charge in [0.25, 0.3) is 0 Å². The zero-order chi connectivity index (χ0) is 25.5. The molecule has 0 fully saturated rings. The summed E-state index contributed by atoms with van der Waals surface area (Å²) in [5.41, 5.74) is 3.82. The van der Waals surface area contributed by atoms with E-state index in [1.165, 1.54) is 4.80 Å². The average Bonchev–Trinajstić information content (AvgIpc) is 3.57. The molecule has 0 atom stereocenters. The van der Waals surface area contributed by atoms with Crippen LogP contribution in [0.25, 0.3) is 22.2 Å². The van der Waals surface area contributed by atoms with Gasteiger partial charge < -0.3 is 14.0 Å². The normalized spacial score (nSPS) is 11.2. The maximum Gasteiger partial charge on any atom is 0.361 e. The summed E-state index contributed by atoms with van der Waals surface area (Å²) in [4.78, 5) is 2.60. The van der Waals surface area contributed by atoms with Crippen molar-refractivity contribution in [2.24, 2.45) is 0 Å². The predicted molar refractivity (Wildman–Crippen MR) is 144 cm³/mol. The van der Waals surface area contributed by atoms with Crippen molar-refractivity contribution < 1.29 is 14.0 Å². The Balaban J connectivity index is 1.18. The highest BCUT2D eigenvalue weighted by atomic mass is 32.2. The van der Waals surface area contributed by atoms with Crippen LogP contribution in [0.4, 0.5) is 0 Å². The first-order chi connectivity index (χ1) is 18.2. The molecule has 3 aromatic carbocycles. The Morgan fingerprint density at radius 2 is 1.89 bits per heavy atom. The minimum Gasteiger partial charge on any atom is -0.493 e. The first kappa shape index (κ1) is 24.8. The summed E-state index contributed by atoms with van der Waals surface area (Å²) in [6, 6.07) is 22.4. The van der Waals surface area contributed by atoms with E-state index in [1.54, 1.807) is 11.8 Å². The molecule has 5 rings (SSSR count). The number of nitrogens with zero attached hydrogens (tertiary/aromatic N) is 5. The quantitative estimate of drug-likeness (QED) is 0.132. The van der Waals surface area contributed by atoms with E-state index >= 15 is 0 Å². The van der Waals surface area contributed by atoms with Crippen LogP contribution in [-0.4, -0.2) is 37.7 Å². The van der Waals surface area contributed by atoms with Gasteiger partial charge in [-0.2, -0.15) is 4.80 Å². The zero-order valence-corrected chi connectivity index (χ0v) is 21.8. The van der Waals surface area contributed by atoms with Crippen LogP contribution in [0.1, 0.15) is 32.3 Å². The molecule has 0 saturated carbocycles. The summed E-state index contributed by atoms with van der Waals surface area (Å²) < 4.78 is 17.8. The summed E-state index contributed by atoms with van der Waals surface area (Å²) >= 11 is 1.76. The number of hydrogen-bond donors (Lipinski definition) is 0. The maximum absolute atomic E-state index is 6.21. The van der Waals surface area contributed by atoms with Gasteiger partial charge in [-0.3, -0.25) is 0 Å². The summed E-state index contributed by atoms with van der Waals surface area (Å²) in [5, 5.41) is 17.4. The van der Waals surface area contributed by atoms with Crippen LogP contribution < -0.4 is 9.47 Å². The van der Waals surface area contributed by atoms with Crippen molar-refractivity contribution >= 4 is 22.7 Å². The van der Waals surface area contributed by atoms with E-state index in [-0.39, 0.29) is 6.01 Å². The molecular formula is C28H29N5O3S. The second kappa shape index (κ2) is 11.9. The number of ether oxygens (including phenoxy) is 2. The van der Waals surface area contributed by atoms with Crippen LogP contribution in [-0.2, 0) is 13.0 Å². The molecule has 0 aliphatic carbocycles. The van der Waals surface area contributed by atoms with E-state index in [4.69, 9.17) is 14.0 Å². The lowest BCUT2D eigenvalue weighted by Gasteiger charge is -2.11. The van der Waals surface area contributed by atoms with Crippen LogP contribution >= 0.6 is 11.8 Å². The van der Waals surface area contributed by atoms with Crippen LogP contribution in [0, 0.1) is 0 Å². The fourth-order valence-electron chi connectivity index (χ4n) is 4.03. The lowest BCUT2D eigenvalue weighted by molar-refractivity contribution is 0.314. The van der Waals surface area contributed by atoms with Gasteiger partial charge in [0, 0.05) is 21.8 Å². The van der Waals surface area contributed by atoms with E-state index in [9.17, 15) is 0 Å². The fourth-order valence-corrected chi connectivity index (χ4v) is 4.91. The topological polar surface area (TPSA) is 88.1 Å². The molecule has 0 N–H and O–H groups in total. The second-order valence-corrected chi connectivity index (χ2v) is 9.62. The number of fused-ring (bicyclic) bond motifs is 1. The Morgan fingerprint density at radius 1 is 1.00 bits per heavy atom. The molecule has 0 bridgehead atoms. The largest absolute Gasteiger partial charge is 0.493 e. The molecule has 2 aromatic heterocycles. The number of aromatic nitrogens is 5. The molecule has 0 amide bonds. The van der Waals surface area contributed by atoms with E-state index in [0.29, 0.717) is 18.9 Å². The molecule has 0 spiro atoms. The van der Waals surface area contributed by atoms with Crippen LogP contribution in [0.3, 0.4) is 0 Å². The van der Waals surface area contributed by atoms with Crippen molar-refractivity contribution in [1.29, 1.82) is 0 Å². The molecule has 0 saturated heterocycles. The summed E-state index contributed by atoms with van der Waals surface area (Å²) in [5.74, 6) is 2.48. The zero-order valence-electron chi connectivity index (χ0n) is 21.0. The van der Waals surface area contributed by atoms with E-state index in [1.807, 2.05) is 49.4 Å². The van der Waals surface area contributed by atoms with E-state index in [2.05, 4.69) is 51.8 Å². The Hall–Kier alpha value is -3.85. The number of benzene rings is 3. The molecule has 37 heavy (non-hydrogen) atoms. The van der Waals surface area contributed by atoms with Gasteiger partial charge in [-0.15, -0.1) is 11.8 Å². The van der Waals surface area contributed by atoms with Gasteiger partial charge in [0.05, 0.1) is 18.5 Å². The van der Waals surface area contributed by atoms with Crippen molar-refractivity contribution in [1.82, 2.24) is 25.4 Å². The summed E-state index contributed by atoms with van der Waals surface area (Å²) in [6.07, 6.45) is 2.77. The third kappa shape index (κ3) is 5.94. The Kier molecular flexibility index (Phi) is 8.00. The summed E-state index contributed by atoms with van der Waals surface area (Å²) in [7, 11) is 0. The Morgan fingerprint density at radius 3 is 2.70 bits per heavy atom. The number of aryl methyl sites for hydroxylation is 2. The monoisotopic (exact) mass is 515 g/mol. The van der Waals surface area contributed by atoms with Gasteiger partial charge in [-0.1, -0.05) is 65.1 Å². The molecule has 2 heterocycles. The first-order valence-electron chi connectivity index (χ1n) is 12.5. The highest BCUT2D eigenvalue weighted by Crippen LogP contribution is 2.35.